The van der Waals surface area contributed by atoms with E-state index >= 15 is 0 Å². The molecule has 0 radical (unpaired) electrons. The van der Waals surface area contributed by atoms with Gasteiger partial charge in [-0.2, -0.15) is 4.31 Å². The van der Waals surface area contributed by atoms with Gasteiger partial charge in [-0.1, -0.05) is 12.1 Å². The van der Waals surface area contributed by atoms with Crippen LogP contribution in [0.25, 0.3) is 0 Å². The quantitative estimate of drug-likeness (QED) is 0.856. The van der Waals surface area contributed by atoms with Crippen molar-refractivity contribution in [2.45, 2.75) is 30.7 Å². The van der Waals surface area contributed by atoms with Gasteiger partial charge in [-0.05, 0) is 31.9 Å². The summed E-state index contributed by atoms with van der Waals surface area (Å²) in [4.78, 5) is 11.1. The van der Waals surface area contributed by atoms with E-state index in [0.717, 1.165) is 0 Å². The number of phenols is 1. The highest BCUT2D eigenvalue weighted by molar-refractivity contribution is 7.89. The molecule has 0 saturated carbocycles. The van der Waals surface area contributed by atoms with Crippen molar-refractivity contribution in [1.82, 2.24) is 4.31 Å². The van der Waals surface area contributed by atoms with Crippen LogP contribution < -0.4 is 5.73 Å². The van der Waals surface area contributed by atoms with E-state index in [2.05, 4.69) is 0 Å². The Kier molecular flexibility index (Phi) is 4.01. The number of para-hydroxylation sites is 1. The predicted molar refractivity (Wildman–Crippen MR) is 73.4 cm³/mol. The first-order valence-electron chi connectivity index (χ1n) is 6.43. The third-order valence-corrected chi connectivity index (χ3v) is 5.71. The molecule has 110 valence electrons. The molecular formula is C13H18N2O4S. The topological polar surface area (TPSA) is 101 Å². The summed E-state index contributed by atoms with van der Waals surface area (Å²) in [7, 11) is -3.83. The molecule has 1 aliphatic heterocycles. The second kappa shape index (κ2) is 5.41. The normalized spacial score (nSPS) is 24.4. The van der Waals surface area contributed by atoms with Crippen molar-refractivity contribution in [2.75, 3.05) is 6.54 Å². The molecule has 1 saturated heterocycles. The Hall–Kier alpha value is -1.60. The molecule has 2 atom stereocenters. The van der Waals surface area contributed by atoms with E-state index in [4.69, 9.17) is 5.73 Å². The minimum atomic E-state index is -3.83. The number of carbonyl (C=O) groups is 1. The Morgan fingerprint density at radius 2 is 2.00 bits per heavy atom. The molecule has 0 aromatic heterocycles. The molecule has 1 amide bonds. The molecule has 0 aliphatic carbocycles. The fraction of sp³-hybridized carbons (Fsp3) is 0.462. The summed E-state index contributed by atoms with van der Waals surface area (Å²) in [5.41, 5.74) is 5.28. The van der Waals surface area contributed by atoms with Gasteiger partial charge < -0.3 is 10.8 Å². The van der Waals surface area contributed by atoms with Gasteiger partial charge in [0.15, 0.2) is 0 Å². The fourth-order valence-electron chi connectivity index (χ4n) is 2.44. The van der Waals surface area contributed by atoms with E-state index < -0.39 is 21.8 Å². The summed E-state index contributed by atoms with van der Waals surface area (Å²) >= 11 is 0. The first-order valence-corrected chi connectivity index (χ1v) is 7.87. The predicted octanol–water partition coefficient (Wildman–Crippen LogP) is 0.667. The number of carbonyl (C=O) groups excluding carboxylic acids is 1. The lowest BCUT2D eigenvalue weighted by Crippen LogP contribution is -2.48. The van der Waals surface area contributed by atoms with Crippen molar-refractivity contribution in [2.24, 2.45) is 11.7 Å². The van der Waals surface area contributed by atoms with E-state index in [9.17, 15) is 18.3 Å². The van der Waals surface area contributed by atoms with Crippen LogP contribution in [-0.4, -0.2) is 36.3 Å². The van der Waals surface area contributed by atoms with Crippen molar-refractivity contribution in [3.63, 3.8) is 0 Å². The molecule has 1 fully saturated rings. The van der Waals surface area contributed by atoms with Gasteiger partial charge in [0.1, 0.15) is 10.6 Å². The number of phenolic OH excluding ortho intramolecular Hbond substituents is 1. The second-order valence-electron chi connectivity index (χ2n) is 5.07. The maximum Gasteiger partial charge on any atom is 0.247 e. The first-order chi connectivity index (χ1) is 9.34. The fourth-order valence-corrected chi connectivity index (χ4v) is 4.23. The number of primary amides is 1. The van der Waals surface area contributed by atoms with Crippen molar-refractivity contribution >= 4 is 15.9 Å². The van der Waals surface area contributed by atoms with Crippen LogP contribution in [0.5, 0.6) is 5.75 Å². The number of hydrogen-bond acceptors (Lipinski definition) is 4. The van der Waals surface area contributed by atoms with Crippen molar-refractivity contribution in [3.8, 4) is 5.75 Å². The molecule has 2 rings (SSSR count). The number of amides is 1. The van der Waals surface area contributed by atoms with Crippen LogP contribution in [-0.2, 0) is 14.8 Å². The minimum Gasteiger partial charge on any atom is -0.507 e. The molecule has 1 aromatic rings. The maximum atomic E-state index is 12.6. The van der Waals surface area contributed by atoms with Crippen molar-refractivity contribution < 1.29 is 18.3 Å². The summed E-state index contributed by atoms with van der Waals surface area (Å²) in [6, 6.07) is 5.56. The average molecular weight is 298 g/mol. The van der Waals surface area contributed by atoms with E-state index in [-0.39, 0.29) is 23.2 Å². The Morgan fingerprint density at radius 3 is 2.60 bits per heavy atom. The van der Waals surface area contributed by atoms with Crippen LogP contribution in [0.1, 0.15) is 19.8 Å². The molecule has 20 heavy (non-hydrogen) atoms. The largest absolute Gasteiger partial charge is 0.507 e. The third-order valence-electron chi connectivity index (χ3n) is 3.68. The van der Waals surface area contributed by atoms with Gasteiger partial charge in [0.25, 0.3) is 0 Å². The number of aromatic hydroxyl groups is 1. The van der Waals surface area contributed by atoms with E-state index in [1.807, 2.05) is 0 Å². The summed E-state index contributed by atoms with van der Waals surface area (Å²) in [5.74, 6) is -1.26. The first kappa shape index (κ1) is 14.8. The van der Waals surface area contributed by atoms with E-state index in [1.54, 1.807) is 19.1 Å². The molecule has 0 bridgehead atoms. The molecule has 7 heteroatoms. The number of piperidine rings is 1. The summed E-state index contributed by atoms with van der Waals surface area (Å²) < 4.78 is 26.5. The van der Waals surface area contributed by atoms with Crippen LogP contribution in [0.3, 0.4) is 0 Å². The third kappa shape index (κ3) is 2.64. The highest BCUT2D eigenvalue weighted by atomic mass is 32.2. The van der Waals surface area contributed by atoms with Gasteiger partial charge in [-0.3, -0.25) is 4.79 Å². The number of hydrogen-bond donors (Lipinski definition) is 2. The average Bonchev–Trinajstić information content (AvgIpc) is 2.39. The zero-order chi connectivity index (χ0) is 14.9. The smallest absolute Gasteiger partial charge is 0.247 e. The highest BCUT2D eigenvalue weighted by Gasteiger charge is 2.37. The maximum absolute atomic E-state index is 12.6. The molecule has 2 unspecified atom stereocenters. The van der Waals surface area contributed by atoms with Crippen LogP contribution in [0.15, 0.2) is 29.2 Å². The van der Waals surface area contributed by atoms with Crippen LogP contribution >= 0.6 is 0 Å². The summed E-state index contributed by atoms with van der Waals surface area (Å²) in [5, 5.41) is 9.74. The van der Waals surface area contributed by atoms with Gasteiger partial charge in [-0.25, -0.2) is 8.42 Å². The molecule has 0 spiro atoms. The lowest BCUT2D eigenvalue weighted by atomic mass is 9.95. The van der Waals surface area contributed by atoms with Gasteiger partial charge in [0.05, 0.1) is 5.92 Å². The van der Waals surface area contributed by atoms with E-state index in [1.165, 1.54) is 16.4 Å². The minimum absolute atomic E-state index is 0.0627. The van der Waals surface area contributed by atoms with Gasteiger partial charge in [0, 0.05) is 12.6 Å². The van der Waals surface area contributed by atoms with E-state index in [0.29, 0.717) is 12.8 Å². The number of nitrogens with two attached hydrogens (primary N) is 1. The number of benzene rings is 1. The molecule has 1 aliphatic rings. The zero-order valence-corrected chi connectivity index (χ0v) is 12.0. The van der Waals surface area contributed by atoms with Crippen molar-refractivity contribution in [1.29, 1.82) is 0 Å². The number of nitrogens with zero attached hydrogens (tertiary/aromatic N) is 1. The number of sulfonamides is 1. The number of rotatable bonds is 3. The van der Waals surface area contributed by atoms with Crippen LogP contribution in [0.2, 0.25) is 0 Å². The zero-order valence-electron chi connectivity index (χ0n) is 11.2. The Labute approximate surface area is 118 Å². The van der Waals surface area contributed by atoms with Gasteiger partial charge in [0.2, 0.25) is 15.9 Å². The molecule has 1 heterocycles. The second-order valence-corrected chi connectivity index (χ2v) is 6.93. The summed E-state index contributed by atoms with van der Waals surface area (Å²) in [6.45, 7) is 1.85. The molecule has 1 aromatic carbocycles. The summed E-state index contributed by atoms with van der Waals surface area (Å²) in [6.07, 6.45) is 1.16. The SMILES string of the molecule is CC1CCC(C(N)=O)CN1S(=O)(=O)c1ccccc1O. The Morgan fingerprint density at radius 1 is 1.35 bits per heavy atom. The van der Waals surface area contributed by atoms with Gasteiger partial charge in [-0.15, -0.1) is 0 Å². The Bertz CT molecular complexity index is 615. The lowest BCUT2D eigenvalue weighted by Gasteiger charge is -2.35. The van der Waals surface area contributed by atoms with Crippen molar-refractivity contribution in [3.05, 3.63) is 24.3 Å². The lowest BCUT2D eigenvalue weighted by molar-refractivity contribution is -0.123. The van der Waals surface area contributed by atoms with Crippen LogP contribution in [0, 0.1) is 5.92 Å². The Balaban J connectivity index is 2.37. The standard InChI is InChI=1S/C13H18N2O4S/c1-9-6-7-10(13(14)17)8-15(9)20(18,19)12-5-3-2-4-11(12)16/h2-5,9-10,16H,6-8H2,1H3,(H2,14,17). The monoisotopic (exact) mass is 298 g/mol. The molecular weight excluding hydrogens is 280 g/mol. The molecule has 6 nitrogen and oxygen atoms in total. The van der Waals surface area contributed by atoms with Crippen LogP contribution in [0.4, 0.5) is 0 Å². The molecule has 3 N–H and O–H groups in total. The van der Waals surface area contributed by atoms with Gasteiger partial charge >= 0.3 is 0 Å². The highest BCUT2D eigenvalue weighted by Crippen LogP contribution is 2.31.